The fraction of sp³-hybridized carbons (Fsp3) is 0.500. The fourth-order valence-corrected chi connectivity index (χ4v) is 3.31. The van der Waals surface area contributed by atoms with Crippen molar-refractivity contribution in [2.75, 3.05) is 33.1 Å². The van der Waals surface area contributed by atoms with Gasteiger partial charge in [0.15, 0.2) is 16.7 Å². The summed E-state index contributed by atoms with van der Waals surface area (Å²) in [7, 11) is 3.26. The summed E-state index contributed by atoms with van der Waals surface area (Å²) >= 11 is 1.65. The highest BCUT2D eigenvalue weighted by molar-refractivity contribution is 8.14. The third-order valence-electron chi connectivity index (χ3n) is 3.81. The molecule has 6 nitrogen and oxygen atoms in total. The second-order valence-corrected chi connectivity index (χ2v) is 6.27. The molecule has 1 aromatic rings. The number of nitrogens with zero attached hydrogens (tertiary/aromatic N) is 2. The quantitative estimate of drug-likeness (QED) is 0.894. The molecule has 0 aromatic heterocycles. The Bertz CT molecular complexity index is 613. The van der Waals surface area contributed by atoms with Crippen LogP contribution < -0.4 is 14.9 Å². The molecule has 0 saturated carbocycles. The Morgan fingerprint density at radius 3 is 2.87 bits per heavy atom. The minimum atomic E-state index is 0.265. The van der Waals surface area contributed by atoms with Gasteiger partial charge in [-0.15, -0.1) is 0 Å². The van der Waals surface area contributed by atoms with Crippen molar-refractivity contribution in [1.82, 2.24) is 5.43 Å². The molecule has 2 aliphatic heterocycles. The highest BCUT2D eigenvalue weighted by Gasteiger charge is 2.17. The minimum absolute atomic E-state index is 0.265. The van der Waals surface area contributed by atoms with Gasteiger partial charge < -0.3 is 14.2 Å². The number of thioether (sulfide) groups is 1. The van der Waals surface area contributed by atoms with Crippen LogP contribution in [0.3, 0.4) is 0 Å². The van der Waals surface area contributed by atoms with Crippen molar-refractivity contribution in [3.63, 3.8) is 0 Å². The monoisotopic (exact) mass is 335 g/mol. The summed E-state index contributed by atoms with van der Waals surface area (Å²) in [5, 5.41) is 5.29. The van der Waals surface area contributed by atoms with Crippen LogP contribution in [0.1, 0.15) is 18.4 Å². The maximum absolute atomic E-state index is 5.58. The summed E-state index contributed by atoms with van der Waals surface area (Å²) in [6, 6.07) is 5.81. The molecule has 1 saturated heterocycles. The topological polar surface area (TPSA) is 64.4 Å². The van der Waals surface area contributed by atoms with Crippen LogP contribution in [0.4, 0.5) is 0 Å². The molecule has 0 spiro atoms. The van der Waals surface area contributed by atoms with Gasteiger partial charge in [-0.3, -0.25) is 10.4 Å². The fourth-order valence-electron chi connectivity index (χ4n) is 2.53. The molecule has 1 N–H and O–H groups in total. The SMILES string of the molecule is COc1ccc(C2=NNC(=NC[C@@H]3CCCO3)SC2)cc1OC. The predicted octanol–water partition coefficient (Wildman–Crippen LogP) is 2.28. The molecule has 2 heterocycles. The molecule has 23 heavy (non-hydrogen) atoms. The van der Waals surface area contributed by atoms with Crippen molar-refractivity contribution in [2.45, 2.75) is 18.9 Å². The first-order valence-electron chi connectivity index (χ1n) is 7.64. The summed E-state index contributed by atoms with van der Waals surface area (Å²) in [5.74, 6) is 2.19. The Labute approximate surface area is 140 Å². The summed E-state index contributed by atoms with van der Waals surface area (Å²) < 4.78 is 16.2. The number of ether oxygens (including phenoxy) is 3. The highest BCUT2D eigenvalue weighted by Crippen LogP contribution is 2.28. The first-order valence-corrected chi connectivity index (χ1v) is 8.62. The van der Waals surface area contributed by atoms with E-state index in [9.17, 15) is 0 Å². The first-order chi connectivity index (χ1) is 11.3. The van der Waals surface area contributed by atoms with Gasteiger partial charge in [0, 0.05) is 17.9 Å². The molecule has 1 aromatic carbocycles. The Hall–Kier alpha value is -1.73. The zero-order valence-corrected chi connectivity index (χ0v) is 14.2. The molecule has 124 valence electrons. The number of rotatable bonds is 5. The third kappa shape index (κ3) is 3.97. The van der Waals surface area contributed by atoms with E-state index in [4.69, 9.17) is 14.2 Å². The van der Waals surface area contributed by atoms with Gasteiger partial charge in [0.05, 0.1) is 32.6 Å². The van der Waals surface area contributed by atoms with Crippen molar-refractivity contribution < 1.29 is 14.2 Å². The van der Waals surface area contributed by atoms with Crippen LogP contribution in [-0.2, 0) is 4.74 Å². The number of amidine groups is 1. The van der Waals surface area contributed by atoms with E-state index in [1.807, 2.05) is 18.2 Å². The zero-order chi connectivity index (χ0) is 16.1. The van der Waals surface area contributed by atoms with Crippen LogP contribution in [-0.4, -0.2) is 50.1 Å². The van der Waals surface area contributed by atoms with Gasteiger partial charge in [0.1, 0.15) is 0 Å². The zero-order valence-electron chi connectivity index (χ0n) is 13.4. The average Bonchev–Trinajstić information content (AvgIpc) is 3.13. The average molecular weight is 335 g/mol. The van der Waals surface area contributed by atoms with Gasteiger partial charge in [-0.1, -0.05) is 11.8 Å². The van der Waals surface area contributed by atoms with Gasteiger partial charge in [0.2, 0.25) is 0 Å². The summed E-state index contributed by atoms with van der Waals surface area (Å²) in [6.07, 6.45) is 2.50. The van der Waals surface area contributed by atoms with Crippen LogP contribution in [0.5, 0.6) is 11.5 Å². The minimum Gasteiger partial charge on any atom is -0.493 e. The number of hydrogen-bond acceptors (Lipinski definition) is 6. The van der Waals surface area contributed by atoms with Crippen LogP contribution in [0.25, 0.3) is 0 Å². The van der Waals surface area contributed by atoms with Gasteiger partial charge in [-0.25, -0.2) is 0 Å². The van der Waals surface area contributed by atoms with E-state index in [0.29, 0.717) is 18.0 Å². The lowest BCUT2D eigenvalue weighted by Crippen LogP contribution is -2.26. The van der Waals surface area contributed by atoms with E-state index in [1.165, 1.54) is 0 Å². The first kappa shape index (κ1) is 16.1. The second-order valence-electron chi connectivity index (χ2n) is 5.31. The number of nitrogens with one attached hydrogen (secondary N) is 1. The largest absolute Gasteiger partial charge is 0.493 e. The lowest BCUT2D eigenvalue weighted by atomic mass is 10.1. The summed E-state index contributed by atoms with van der Waals surface area (Å²) in [6.45, 7) is 1.56. The van der Waals surface area contributed by atoms with Gasteiger partial charge >= 0.3 is 0 Å². The van der Waals surface area contributed by atoms with E-state index >= 15 is 0 Å². The Morgan fingerprint density at radius 1 is 1.35 bits per heavy atom. The number of hydrazone groups is 1. The Balaban J connectivity index is 1.65. The summed E-state index contributed by atoms with van der Waals surface area (Å²) in [4.78, 5) is 4.55. The molecule has 7 heteroatoms. The molecule has 1 fully saturated rings. The molecule has 0 aliphatic carbocycles. The van der Waals surface area contributed by atoms with Gasteiger partial charge in [-0.2, -0.15) is 5.10 Å². The Kier molecular flexibility index (Phi) is 5.40. The molecule has 1 atom stereocenters. The highest BCUT2D eigenvalue weighted by atomic mass is 32.2. The van der Waals surface area contributed by atoms with Crippen molar-refractivity contribution >= 4 is 22.6 Å². The van der Waals surface area contributed by atoms with Crippen LogP contribution in [0, 0.1) is 0 Å². The van der Waals surface area contributed by atoms with Gasteiger partial charge in [0.25, 0.3) is 0 Å². The lowest BCUT2D eigenvalue weighted by Gasteiger charge is -2.16. The molecule has 0 bridgehead atoms. The van der Waals surface area contributed by atoms with Crippen molar-refractivity contribution in [3.8, 4) is 11.5 Å². The maximum atomic E-state index is 5.58. The number of hydrogen-bond donors (Lipinski definition) is 1. The summed E-state index contributed by atoms with van der Waals surface area (Å²) in [5.41, 5.74) is 5.01. The predicted molar refractivity (Wildman–Crippen MR) is 93.0 cm³/mol. The van der Waals surface area contributed by atoms with Crippen LogP contribution in [0.2, 0.25) is 0 Å². The van der Waals surface area contributed by atoms with Crippen LogP contribution in [0.15, 0.2) is 28.3 Å². The van der Waals surface area contributed by atoms with E-state index in [0.717, 1.165) is 41.6 Å². The molecule has 0 amide bonds. The molecular weight excluding hydrogens is 314 g/mol. The molecule has 0 unspecified atom stereocenters. The maximum Gasteiger partial charge on any atom is 0.177 e. The molecular formula is C16H21N3O3S. The molecule has 2 aliphatic rings. The van der Waals surface area contributed by atoms with Crippen LogP contribution >= 0.6 is 11.8 Å². The number of aliphatic imine (C=N–C) groups is 1. The smallest absolute Gasteiger partial charge is 0.177 e. The standard InChI is InChI=1S/C16H21N3O3S/c1-20-14-6-5-11(8-15(14)21-2)13-10-23-16(19-18-13)17-9-12-4-3-7-22-12/h5-6,8,12H,3-4,7,9-10H2,1-2H3,(H,17,19)/t12-/m0/s1. The van der Waals surface area contributed by atoms with Crippen molar-refractivity contribution in [3.05, 3.63) is 23.8 Å². The molecule has 0 radical (unpaired) electrons. The van der Waals surface area contributed by atoms with E-state index in [1.54, 1.807) is 26.0 Å². The van der Waals surface area contributed by atoms with Gasteiger partial charge in [-0.05, 0) is 31.0 Å². The lowest BCUT2D eigenvalue weighted by molar-refractivity contribution is 0.118. The normalized spacial score (nSPS) is 22.6. The van der Waals surface area contributed by atoms with Crippen molar-refractivity contribution in [2.24, 2.45) is 10.1 Å². The van der Waals surface area contributed by atoms with E-state index in [-0.39, 0.29) is 6.10 Å². The number of benzene rings is 1. The number of methoxy groups -OCH3 is 2. The molecule has 3 rings (SSSR count). The second kappa shape index (κ2) is 7.70. The van der Waals surface area contributed by atoms with E-state index in [2.05, 4.69) is 15.5 Å². The third-order valence-corrected chi connectivity index (χ3v) is 4.72. The van der Waals surface area contributed by atoms with E-state index < -0.39 is 0 Å². The van der Waals surface area contributed by atoms with Crippen molar-refractivity contribution in [1.29, 1.82) is 0 Å². The Morgan fingerprint density at radius 2 is 2.22 bits per heavy atom.